The molecule has 0 aliphatic heterocycles. The highest BCUT2D eigenvalue weighted by Crippen LogP contribution is 2.10. The molecule has 0 fully saturated rings. The van der Waals surface area contributed by atoms with Crippen molar-refractivity contribution in [2.75, 3.05) is 6.54 Å². The first-order valence-electron chi connectivity index (χ1n) is 6.03. The quantitative estimate of drug-likeness (QED) is 0.829. The van der Waals surface area contributed by atoms with Gasteiger partial charge in [0.15, 0.2) is 0 Å². The van der Waals surface area contributed by atoms with Crippen molar-refractivity contribution in [2.45, 2.75) is 46.7 Å². The van der Waals surface area contributed by atoms with E-state index in [4.69, 9.17) is 0 Å². The van der Waals surface area contributed by atoms with Crippen molar-refractivity contribution < 1.29 is 0 Å². The molecule has 0 aliphatic carbocycles. The second-order valence-electron chi connectivity index (χ2n) is 4.21. The van der Waals surface area contributed by atoms with Gasteiger partial charge in [-0.3, -0.25) is 4.79 Å². The first-order chi connectivity index (χ1) is 7.61. The van der Waals surface area contributed by atoms with Gasteiger partial charge in [0, 0.05) is 23.8 Å². The van der Waals surface area contributed by atoms with Gasteiger partial charge in [0.2, 0.25) is 0 Å². The van der Waals surface area contributed by atoms with E-state index in [1.807, 2.05) is 30.5 Å². The molecule has 0 bridgehead atoms. The number of nitrogens with one attached hydrogen (secondary N) is 1. The minimum absolute atomic E-state index is 0.148. The van der Waals surface area contributed by atoms with Gasteiger partial charge in [0.25, 0.3) is 5.56 Å². The van der Waals surface area contributed by atoms with Gasteiger partial charge in [-0.1, -0.05) is 19.9 Å². The monoisotopic (exact) mass is 222 g/mol. The molecule has 1 unspecified atom stereocenters. The normalized spacial score (nSPS) is 12.8. The molecule has 0 aromatic carbocycles. The first-order valence-corrected chi connectivity index (χ1v) is 6.03. The largest absolute Gasteiger partial charge is 0.313 e. The molecule has 3 heteroatoms. The van der Waals surface area contributed by atoms with Crippen LogP contribution in [0.2, 0.25) is 0 Å². The van der Waals surface area contributed by atoms with Crippen LogP contribution in [-0.2, 0) is 6.54 Å². The summed E-state index contributed by atoms with van der Waals surface area (Å²) in [5.74, 6) is 0. The molecule has 90 valence electrons. The van der Waals surface area contributed by atoms with Crippen molar-refractivity contribution in [3.05, 3.63) is 33.7 Å². The minimum atomic E-state index is 0.148. The first kappa shape index (κ1) is 13.0. The standard InChI is InChI=1S/C13H22N2O/c1-5-10(3)15-11(4)7-8-12(13(15)16)9-14-6-2/h7-8,10,14H,5-6,9H2,1-4H3. The summed E-state index contributed by atoms with van der Waals surface area (Å²) in [6.45, 7) is 9.77. The van der Waals surface area contributed by atoms with Gasteiger partial charge in [-0.2, -0.15) is 0 Å². The van der Waals surface area contributed by atoms with Gasteiger partial charge in [0.1, 0.15) is 0 Å². The van der Waals surface area contributed by atoms with E-state index in [2.05, 4.69) is 19.2 Å². The van der Waals surface area contributed by atoms with Crippen molar-refractivity contribution in [1.29, 1.82) is 0 Å². The molecule has 3 nitrogen and oxygen atoms in total. The number of rotatable bonds is 5. The van der Waals surface area contributed by atoms with E-state index in [0.717, 1.165) is 24.2 Å². The van der Waals surface area contributed by atoms with Gasteiger partial charge >= 0.3 is 0 Å². The average Bonchev–Trinajstić information content (AvgIpc) is 2.28. The molecule has 16 heavy (non-hydrogen) atoms. The summed E-state index contributed by atoms with van der Waals surface area (Å²) in [5, 5.41) is 3.20. The highest BCUT2D eigenvalue weighted by molar-refractivity contribution is 5.16. The lowest BCUT2D eigenvalue weighted by Crippen LogP contribution is -2.30. The second-order valence-corrected chi connectivity index (χ2v) is 4.21. The molecule has 0 aliphatic rings. The molecule has 0 saturated carbocycles. The van der Waals surface area contributed by atoms with Crippen molar-refractivity contribution in [2.24, 2.45) is 0 Å². The zero-order chi connectivity index (χ0) is 12.1. The number of aromatic nitrogens is 1. The van der Waals surface area contributed by atoms with Gasteiger partial charge in [-0.15, -0.1) is 0 Å². The van der Waals surface area contributed by atoms with Gasteiger partial charge in [0.05, 0.1) is 0 Å². The van der Waals surface area contributed by atoms with E-state index in [-0.39, 0.29) is 11.6 Å². The highest BCUT2D eigenvalue weighted by Gasteiger charge is 2.10. The van der Waals surface area contributed by atoms with Crippen LogP contribution in [0.5, 0.6) is 0 Å². The third-order valence-corrected chi connectivity index (χ3v) is 3.00. The Kier molecular flexibility index (Phi) is 4.74. The fourth-order valence-corrected chi connectivity index (χ4v) is 1.81. The fourth-order valence-electron chi connectivity index (χ4n) is 1.81. The molecule has 0 saturated heterocycles. The summed E-state index contributed by atoms with van der Waals surface area (Å²) < 4.78 is 1.90. The van der Waals surface area contributed by atoms with Crippen molar-refractivity contribution in [3.8, 4) is 0 Å². The molecule has 1 rings (SSSR count). The lowest BCUT2D eigenvalue weighted by atomic mass is 10.2. The number of nitrogens with zero attached hydrogens (tertiary/aromatic N) is 1. The maximum atomic E-state index is 12.2. The Hall–Kier alpha value is -1.09. The van der Waals surface area contributed by atoms with E-state index < -0.39 is 0 Å². The molecule has 1 aromatic heterocycles. The number of aryl methyl sites for hydroxylation is 1. The average molecular weight is 222 g/mol. The van der Waals surface area contributed by atoms with E-state index in [1.54, 1.807) is 0 Å². The van der Waals surface area contributed by atoms with E-state index in [0.29, 0.717) is 6.54 Å². The highest BCUT2D eigenvalue weighted by atomic mass is 16.1. The van der Waals surface area contributed by atoms with Gasteiger partial charge in [-0.25, -0.2) is 0 Å². The predicted octanol–water partition coefficient (Wildman–Crippen LogP) is 2.24. The molecule has 1 atom stereocenters. The fraction of sp³-hybridized carbons (Fsp3) is 0.615. The molecule has 0 amide bonds. The molecule has 1 aromatic rings. The van der Waals surface area contributed by atoms with Gasteiger partial charge < -0.3 is 9.88 Å². The van der Waals surface area contributed by atoms with Crippen LogP contribution in [-0.4, -0.2) is 11.1 Å². The van der Waals surface area contributed by atoms with Gasteiger partial charge in [-0.05, 0) is 32.9 Å². The predicted molar refractivity (Wildman–Crippen MR) is 67.8 cm³/mol. The van der Waals surface area contributed by atoms with Crippen LogP contribution in [0.4, 0.5) is 0 Å². The second kappa shape index (κ2) is 5.85. The lowest BCUT2D eigenvalue weighted by molar-refractivity contribution is 0.497. The zero-order valence-corrected chi connectivity index (χ0v) is 10.7. The summed E-state index contributed by atoms with van der Waals surface area (Å²) in [6.07, 6.45) is 0.978. The molecule has 1 heterocycles. The molecule has 0 radical (unpaired) electrons. The van der Waals surface area contributed by atoms with Crippen molar-refractivity contribution in [1.82, 2.24) is 9.88 Å². The van der Waals surface area contributed by atoms with Crippen molar-refractivity contribution >= 4 is 0 Å². The molecular formula is C13H22N2O. The van der Waals surface area contributed by atoms with Crippen LogP contribution in [0.3, 0.4) is 0 Å². The van der Waals surface area contributed by atoms with Crippen LogP contribution in [0, 0.1) is 6.92 Å². The molecule has 1 N–H and O–H groups in total. The van der Waals surface area contributed by atoms with Crippen LogP contribution in [0.25, 0.3) is 0 Å². The summed E-state index contributed by atoms with van der Waals surface area (Å²) in [5.41, 5.74) is 2.04. The van der Waals surface area contributed by atoms with Crippen LogP contribution < -0.4 is 10.9 Å². The third-order valence-electron chi connectivity index (χ3n) is 3.00. The van der Waals surface area contributed by atoms with Crippen molar-refractivity contribution in [3.63, 3.8) is 0 Å². The van der Waals surface area contributed by atoms with E-state index in [1.165, 1.54) is 0 Å². The van der Waals surface area contributed by atoms with Crippen LogP contribution in [0.1, 0.15) is 44.5 Å². The summed E-state index contributed by atoms with van der Waals surface area (Å²) >= 11 is 0. The molecular weight excluding hydrogens is 200 g/mol. The lowest BCUT2D eigenvalue weighted by Gasteiger charge is -2.17. The summed E-state index contributed by atoms with van der Waals surface area (Å²) in [6, 6.07) is 4.23. The zero-order valence-electron chi connectivity index (χ0n) is 10.7. The Morgan fingerprint density at radius 1 is 1.38 bits per heavy atom. The molecule has 0 spiro atoms. The van der Waals surface area contributed by atoms with E-state index in [9.17, 15) is 4.79 Å². The van der Waals surface area contributed by atoms with E-state index >= 15 is 0 Å². The number of pyridine rings is 1. The Balaban J connectivity index is 3.11. The Labute approximate surface area is 97.5 Å². The number of hydrogen-bond donors (Lipinski definition) is 1. The SMILES string of the molecule is CCNCc1ccc(C)n(C(C)CC)c1=O. The van der Waals surface area contributed by atoms with Crippen LogP contribution in [0.15, 0.2) is 16.9 Å². The smallest absolute Gasteiger partial charge is 0.255 e. The number of hydrogen-bond acceptors (Lipinski definition) is 2. The summed E-state index contributed by atoms with van der Waals surface area (Å²) in [7, 11) is 0. The Morgan fingerprint density at radius 3 is 2.62 bits per heavy atom. The Morgan fingerprint density at radius 2 is 2.06 bits per heavy atom. The Bertz CT molecular complexity index is 395. The van der Waals surface area contributed by atoms with Crippen LogP contribution >= 0.6 is 0 Å². The minimum Gasteiger partial charge on any atom is -0.313 e. The maximum absolute atomic E-state index is 12.2. The summed E-state index contributed by atoms with van der Waals surface area (Å²) in [4.78, 5) is 12.2. The maximum Gasteiger partial charge on any atom is 0.255 e. The topological polar surface area (TPSA) is 34.0 Å². The third kappa shape index (κ3) is 2.73.